The van der Waals surface area contributed by atoms with Crippen molar-refractivity contribution in [1.82, 2.24) is 0 Å². The third-order valence-electron chi connectivity index (χ3n) is 3.85. The van der Waals surface area contributed by atoms with Crippen LogP contribution in [0, 0.1) is 0 Å². The SMILES string of the molecule is CCOc1cccc(C(Cc2cc(OC)c(O)c(OC)c2)C(=O)O)c1. The molecule has 2 N–H and O–H groups in total. The molecule has 2 aromatic carbocycles. The third kappa shape index (κ3) is 4.35. The van der Waals surface area contributed by atoms with Gasteiger partial charge in [0, 0.05) is 0 Å². The highest BCUT2D eigenvalue weighted by Crippen LogP contribution is 2.38. The summed E-state index contributed by atoms with van der Waals surface area (Å²) >= 11 is 0. The molecule has 6 heteroatoms. The van der Waals surface area contributed by atoms with Crippen LogP contribution in [0.1, 0.15) is 24.0 Å². The maximum absolute atomic E-state index is 11.8. The second-order valence-electron chi connectivity index (χ2n) is 5.45. The second kappa shape index (κ2) is 8.28. The number of benzene rings is 2. The Morgan fingerprint density at radius 1 is 1.12 bits per heavy atom. The Kier molecular flexibility index (Phi) is 6.11. The average molecular weight is 346 g/mol. The Morgan fingerprint density at radius 3 is 2.28 bits per heavy atom. The zero-order chi connectivity index (χ0) is 18.4. The Hall–Kier alpha value is -2.89. The molecule has 134 valence electrons. The van der Waals surface area contributed by atoms with E-state index in [1.165, 1.54) is 14.2 Å². The molecule has 0 aliphatic heterocycles. The molecule has 2 rings (SSSR count). The lowest BCUT2D eigenvalue weighted by Gasteiger charge is -2.16. The van der Waals surface area contributed by atoms with Crippen LogP contribution in [-0.4, -0.2) is 37.0 Å². The number of aromatic hydroxyl groups is 1. The van der Waals surface area contributed by atoms with Gasteiger partial charge < -0.3 is 24.4 Å². The van der Waals surface area contributed by atoms with Gasteiger partial charge >= 0.3 is 5.97 Å². The summed E-state index contributed by atoms with van der Waals surface area (Å²) in [6, 6.07) is 10.3. The summed E-state index contributed by atoms with van der Waals surface area (Å²) in [6.45, 7) is 2.38. The number of phenolic OH excluding ortho intramolecular Hbond substituents is 1. The first kappa shape index (κ1) is 18.4. The van der Waals surface area contributed by atoms with Gasteiger partial charge in [-0.1, -0.05) is 12.1 Å². The minimum absolute atomic E-state index is 0.112. The molecule has 1 atom stereocenters. The highest BCUT2D eigenvalue weighted by atomic mass is 16.5. The van der Waals surface area contributed by atoms with Gasteiger partial charge in [-0.05, 0) is 48.7 Å². The van der Waals surface area contributed by atoms with Crippen LogP contribution < -0.4 is 14.2 Å². The van der Waals surface area contributed by atoms with Crippen molar-refractivity contribution in [2.24, 2.45) is 0 Å². The van der Waals surface area contributed by atoms with E-state index in [0.717, 1.165) is 0 Å². The normalized spacial score (nSPS) is 11.6. The number of ether oxygens (including phenoxy) is 3. The monoisotopic (exact) mass is 346 g/mol. The molecule has 0 amide bonds. The lowest BCUT2D eigenvalue weighted by atomic mass is 9.91. The summed E-state index contributed by atoms with van der Waals surface area (Å²) in [6.07, 6.45) is 0.220. The molecule has 0 fully saturated rings. The van der Waals surface area contributed by atoms with Crippen molar-refractivity contribution in [3.8, 4) is 23.0 Å². The van der Waals surface area contributed by atoms with Gasteiger partial charge in [-0.25, -0.2) is 0 Å². The van der Waals surface area contributed by atoms with Gasteiger partial charge in [0.15, 0.2) is 11.5 Å². The summed E-state index contributed by atoms with van der Waals surface area (Å²) in [7, 11) is 2.86. The molecule has 0 heterocycles. The summed E-state index contributed by atoms with van der Waals surface area (Å²) < 4.78 is 15.7. The summed E-state index contributed by atoms with van der Waals surface area (Å²) in [4.78, 5) is 11.8. The van der Waals surface area contributed by atoms with E-state index < -0.39 is 11.9 Å². The molecule has 0 saturated carbocycles. The molecule has 0 radical (unpaired) electrons. The molecule has 0 saturated heterocycles. The van der Waals surface area contributed by atoms with E-state index in [4.69, 9.17) is 14.2 Å². The van der Waals surface area contributed by atoms with Crippen molar-refractivity contribution in [3.63, 3.8) is 0 Å². The average Bonchev–Trinajstić information content (AvgIpc) is 2.60. The van der Waals surface area contributed by atoms with E-state index in [-0.39, 0.29) is 23.7 Å². The maximum Gasteiger partial charge on any atom is 0.311 e. The summed E-state index contributed by atoms with van der Waals surface area (Å²) in [5.41, 5.74) is 1.32. The molecule has 0 aliphatic rings. The molecule has 6 nitrogen and oxygen atoms in total. The lowest BCUT2D eigenvalue weighted by molar-refractivity contribution is -0.138. The smallest absolute Gasteiger partial charge is 0.311 e. The minimum atomic E-state index is -0.945. The standard InChI is InChI=1S/C19H22O6/c1-4-25-14-7-5-6-13(11-14)15(19(21)22)8-12-9-16(23-2)18(20)17(10-12)24-3/h5-7,9-11,15,20H,4,8H2,1-3H3,(H,21,22). The molecule has 0 bridgehead atoms. The van der Waals surface area contributed by atoms with E-state index in [2.05, 4.69) is 0 Å². The van der Waals surface area contributed by atoms with E-state index in [1.807, 2.05) is 6.92 Å². The fourth-order valence-electron chi connectivity index (χ4n) is 2.64. The van der Waals surface area contributed by atoms with Crippen molar-refractivity contribution in [1.29, 1.82) is 0 Å². The minimum Gasteiger partial charge on any atom is -0.502 e. The number of aliphatic carboxylic acids is 1. The molecule has 25 heavy (non-hydrogen) atoms. The number of phenols is 1. The predicted octanol–water partition coefficient (Wildman–Crippen LogP) is 3.22. The number of hydrogen-bond acceptors (Lipinski definition) is 5. The van der Waals surface area contributed by atoms with Crippen LogP contribution in [-0.2, 0) is 11.2 Å². The maximum atomic E-state index is 11.8. The van der Waals surface area contributed by atoms with E-state index in [0.29, 0.717) is 23.5 Å². The Balaban J connectivity index is 2.37. The molecule has 0 aliphatic carbocycles. The van der Waals surface area contributed by atoms with Gasteiger partial charge in [-0.2, -0.15) is 0 Å². The highest BCUT2D eigenvalue weighted by molar-refractivity contribution is 5.77. The highest BCUT2D eigenvalue weighted by Gasteiger charge is 2.22. The van der Waals surface area contributed by atoms with Crippen molar-refractivity contribution in [2.75, 3.05) is 20.8 Å². The van der Waals surface area contributed by atoms with Crippen LogP contribution in [0.15, 0.2) is 36.4 Å². The Morgan fingerprint density at radius 2 is 1.76 bits per heavy atom. The van der Waals surface area contributed by atoms with Crippen LogP contribution in [0.2, 0.25) is 0 Å². The van der Waals surface area contributed by atoms with Gasteiger partial charge in [0.2, 0.25) is 5.75 Å². The number of methoxy groups -OCH3 is 2. The van der Waals surface area contributed by atoms with Crippen molar-refractivity contribution >= 4 is 5.97 Å². The first-order valence-corrected chi connectivity index (χ1v) is 7.89. The van der Waals surface area contributed by atoms with E-state index in [1.54, 1.807) is 36.4 Å². The number of hydrogen-bond donors (Lipinski definition) is 2. The molecule has 1 unspecified atom stereocenters. The Bertz CT molecular complexity index is 715. The predicted molar refractivity (Wildman–Crippen MR) is 92.9 cm³/mol. The van der Waals surface area contributed by atoms with Gasteiger partial charge in [0.05, 0.1) is 26.7 Å². The number of carboxylic acids is 1. The summed E-state index contributed by atoms with van der Waals surface area (Å²) in [5, 5.41) is 19.6. The first-order valence-electron chi connectivity index (χ1n) is 7.89. The fourth-order valence-corrected chi connectivity index (χ4v) is 2.64. The number of carbonyl (C=O) groups is 1. The van der Waals surface area contributed by atoms with Crippen LogP contribution >= 0.6 is 0 Å². The van der Waals surface area contributed by atoms with Crippen molar-refractivity contribution in [2.45, 2.75) is 19.3 Å². The molecular weight excluding hydrogens is 324 g/mol. The largest absolute Gasteiger partial charge is 0.502 e. The van der Waals surface area contributed by atoms with Crippen LogP contribution in [0.25, 0.3) is 0 Å². The fraction of sp³-hybridized carbons (Fsp3) is 0.316. The topological polar surface area (TPSA) is 85.2 Å². The van der Waals surface area contributed by atoms with Crippen LogP contribution in [0.5, 0.6) is 23.0 Å². The van der Waals surface area contributed by atoms with E-state index >= 15 is 0 Å². The van der Waals surface area contributed by atoms with Gasteiger partial charge in [0.1, 0.15) is 5.75 Å². The Labute approximate surface area is 146 Å². The second-order valence-corrected chi connectivity index (χ2v) is 5.45. The molecule has 0 spiro atoms. The van der Waals surface area contributed by atoms with Crippen molar-refractivity contribution < 1.29 is 29.2 Å². The van der Waals surface area contributed by atoms with Gasteiger partial charge in [-0.3, -0.25) is 4.79 Å². The molecule has 0 aromatic heterocycles. The van der Waals surface area contributed by atoms with Crippen molar-refractivity contribution in [3.05, 3.63) is 47.5 Å². The molecule has 2 aromatic rings. The number of carboxylic acid groups (broad SMARTS) is 1. The third-order valence-corrected chi connectivity index (χ3v) is 3.85. The van der Waals surface area contributed by atoms with Gasteiger partial charge in [-0.15, -0.1) is 0 Å². The first-order chi connectivity index (χ1) is 12.0. The summed E-state index contributed by atoms with van der Waals surface area (Å²) in [5.74, 6) is -0.715. The van der Waals surface area contributed by atoms with Gasteiger partial charge in [0.25, 0.3) is 0 Å². The number of rotatable bonds is 8. The molecular formula is C19H22O6. The lowest BCUT2D eigenvalue weighted by Crippen LogP contribution is -2.14. The zero-order valence-electron chi connectivity index (χ0n) is 14.5. The zero-order valence-corrected chi connectivity index (χ0v) is 14.5. The van der Waals surface area contributed by atoms with E-state index in [9.17, 15) is 15.0 Å². The van der Waals surface area contributed by atoms with Crippen LogP contribution in [0.4, 0.5) is 0 Å². The quantitative estimate of drug-likeness (QED) is 0.763. The van der Waals surface area contributed by atoms with Crippen LogP contribution in [0.3, 0.4) is 0 Å².